The molecule has 2 aromatic rings. The molecule has 1 N–H and O–H groups in total. The van der Waals surface area contributed by atoms with Crippen molar-refractivity contribution in [1.82, 2.24) is 10.2 Å². The summed E-state index contributed by atoms with van der Waals surface area (Å²) in [6.45, 7) is 6.00. The largest absolute Gasteiger partial charge is 0.488 e. The maximum Gasteiger partial charge on any atom is 0.410 e. The molecule has 37 heavy (non-hydrogen) atoms. The average Bonchev–Trinajstić information content (AvgIpc) is 3.09. The quantitative estimate of drug-likeness (QED) is 0.661. The predicted octanol–water partition coefficient (Wildman–Crippen LogP) is 4.10. The number of benzene rings is 2. The van der Waals surface area contributed by atoms with Gasteiger partial charge in [0, 0.05) is 30.7 Å². The van der Waals surface area contributed by atoms with Gasteiger partial charge in [0.2, 0.25) is 0 Å². The van der Waals surface area contributed by atoms with Crippen LogP contribution in [0.4, 0.5) is 13.6 Å². The van der Waals surface area contributed by atoms with E-state index in [0.717, 1.165) is 0 Å². The van der Waals surface area contributed by atoms with Crippen LogP contribution in [-0.2, 0) is 27.3 Å². The molecule has 0 bridgehead atoms. The zero-order valence-electron chi connectivity index (χ0n) is 21.0. The minimum atomic E-state index is -1.05. The fourth-order valence-corrected chi connectivity index (χ4v) is 4.27. The van der Waals surface area contributed by atoms with Gasteiger partial charge in [0.25, 0.3) is 5.91 Å². The SMILES string of the molecule is CC(C)(C)OC(=O)N1CCCO[C@H](C(=O)NC(C#N)Cc2cc3c(cc2F)-c2ccc(F)cc2CO3)C1. The smallest absolute Gasteiger partial charge is 0.410 e. The fourth-order valence-electron chi connectivity index (χ4n) is 4.27. The molecule has 2 atom stereocenters. The zero-order valence-corrected chi connectivity index (χ0v) is 21.0. The van der Waals surface area contributed by atoms with Crippen LogP contribution in [-0.4, -0.2) is 54.3 Å². The number of hydrogen-bond donors (Lipinski definition) is 1. The molecule has 1 unspecified atom stereocenters. The molecule has 1 fully saturated rings. The van der Waals surface area contributed by atoms with Crippen molar-refractivity contribution in [2.75, 3.05) is 19.7 Å². The first-order valence-electron chi connectivity index (χ1n) is 12.1. The second-order valence-corrected chi connectivity index (χ2v) is 10.1. The second-order valence-electron chi connectivity index (χ2n) is 10.1. The van der Waals surface area contributed by atoms with E-state index in [0.29, 0.717) is 35.4 Å². The number of nitriles is 1. The highest BCUT2D eigenvalue weighted by atomic mass is 19.1. The molecule has 0 aromatic heterocycles. The molecule has 196 valence electrons. The molecule has 2 heterocycles. The third-order valence-corrected chi connectivity index (χ3v) is 6.01. The van der Waals surface area contributed by atoms with E-state index in [2.05, 4.69) is 5.32 Å². The van der Waals surface area contributed by atoms with E-state index in [4.69, 9.17) is 14.2 Å². The molecule has 8 nitrogen and oxygen atoms in total. The predicted molar refractivity (Wildman–Crippen MR) is 130 cm³/mol. The van der Waals surface area contributed by atoms with Gasteiger partial charge in [-0.3, -0.25) is 4.79 Å². The van der Waals surface area contributed by atoms with Crippen molar-refractivity contribution in [2.45, 2.75) is 58.0 Å². The summed E-state index contributed by atoms with van der Waals surface area (Å²) < 4.78 is 45.3. The molecule has 1 saturated heterocycles. The van der Waals surface area contributed by atoms with Crippen LogP contribution in [0.25, 0.3) is 11.1 Å². The molecule has 10 heteroatoms. The van der Waals surface area contributed by atoms with Gasteiger partial charge >= 0.3 is 6.09 Å². The van der Waals surface area contributed by atoms with Crippen LogP contribution in [0.15, 0.2) is 30.3 Å². The number of carbonyl (C=O) groups is 2. The van der Waals surface area contributed by atoms with E-state index in [9.17, 15) is 19.2 Å². The number of rotatable bonds is 4. The summed E-state index contributed by atoms with van der Waals surface area (Å²) in [7, 11) is 0. The van der Waals surface area contributed by atoms with Crippen LogP contribution < -0.4 is 10.1 Å². The molecule has 0 radical (unpaired) electrons. The van der Waals surface area contributed by atoms with Crippen molar-refractivity contribution in [2.24, 2.45) is 0 Å². The number of nitrogens with one attached hydrogen (secondary N) is 1. The lowest BCUT2D eigenvalue weighted by Crippen LogP contribution is -2.48. The fraction of sp³-hybridized carbons (Fsp3) is 0.444. The van der Waals surface area contributed by atoms with Crippen LogP contribution in [0.2, 0.25) is 0 Å². The monoisotopic (exact) mass is 513 g/mol. The minimum absolute atomic E-state index is 0.0278. The standard InChI is InChI=1S/C27H29F2N3O5/c1-27(2,3)37-26(34)32-7-4-8-35-24(14-32)25(33)31-19(13-30)10-16-11-23-21(12-22(16)29)20-6-5-18(28)9-17(20)15-36-23/h5-6,9,11-12,19,24H,4,7-8,10,14-15H2,1-3H3,(H,31,33)/t19?,24-/m0/s1. The van der Waals surface area contributed by atoms with E-state index < -0.39 is 41.4 Å². The Labute approximate surface area is 214 Å². The number of hydrogen-bond acceptors (Lipinski definition) is 6. The van der Waals surface area contributed by atoms with Crippen molar-refractivity contribution in [3.63, 3.8) is 0 Å². The normalized spacial score (nSPS) is 17.8. The Morgan fingerprint density at radius 2 is 2.03 bits per heavy atom. The van der Waals surface area contributed by atoms with Crippen LogP contribution in [0, 0.1) is 23.0 Å². The molecule has 0 aliphatic carbocycles. The Morgan fingerprint density at radius 1 is 1.24 bits per heavy atom. The van der Waals surface area contributed by atoms with Crippen molar-refractivity contribution in [3.8, 4) is 22.9 Å². The Balaban J connectivity index is 1.44. The number of halogens is 2. The lowest BCUT2D eigenvalue weighted by molar-refractivity contribution is -0.133. The second kappa shape index (κ2) is 10.7. The number of amides is 2. The number of nitrogens with zero attached hydrogens (tertiary/aromatic N) is 2. The maximum absolute atomic E-state index is 15.0. The third kappa shape index (κ3) is 6.35. The van der Waals surface area contributed by atoms with E-state index in [1.165, 1.54) is 29.2 Å². The van der Waals surface area contributed by atoms with Crippen LogP contribution in [0.1, 0.15) is 38.3 Å². The molecule has 2 aliphatic heterocycles. The van der Waals surface area contributed by atoms with Gasteiger partial charge in [-0.15, -0.1) is 0 Å². The first-order chi connectivity index (χ1) is 17.5. The Kier molecular flexibility index (Phi) is 7.64. The van der Waals surface area contributed by atoms with Gasteiger partial charge < -0.3 is 24.4 Å². The first kappa shape index (κ1) is 26.4. The number of ether oxygens (including phenoxy) is 3. The molecule has 4 rings (SSSR count). The highest BCUT2D eigenvalue weighted by Gasteiger charge is 2.31. The average molecular weight is 514 g/mol. The van der Waals surface area contributed by atoms with Crippen molar-refractivity contribution >= 4 is 12.0 Å². The summed E-state index contributed by atoms with van der Waals surface area (Å²) in [5.74, 6) is -1.13. The van der Waals surface area contributed by atoms with Crippen LogP contribution >= 0.6 is 0 Å². The number of carbonyl (C=O) groups excluding carboxylic acids is 2. The minimum Gasteiger partial charge on any atom is -0.488 e. The Hall–Kier alpha value is -3.71. The summed E-state index contributed by atoms with van der Waals surface area (Å²) in [5.41, 5.74) is 1.29. The molecule has 2 aromatic carbocycles. The molecule has 2 aliphatic rings. The molecular weight excluding hydrogens is 484 g/mol. The van der Waals surface area contributed by atoms with Crippen molar-refractivity contribution < 1.29 is 32.6 Å². The van der Waals surface area contributed by atoms with Gasteiger partial charge in [-0.25, -0.2) is 13.6 Å². The van der Waals surface area contributed by atoms with Crippen LogP contribution in [0.5, 0.6) is 5.75 Å². The maximum atomic E-state index is 15.0. The summed E-state index contributed by atoms with van der Waals surface area (Å²) in [6, 6.07) is 7.97. The van der Waals surface area contributed by atoms with Crippen molar-refractivity contribution in [3.05, 3.63) is 53.1 Å². The Bertz CT molecular complexity index is 1240. The molecule has 0 spiro atoms. The van der Waals surface area contributed by atoms with E-state index in [-0.39, 0.29) is 31.7 Å². The van der Waals surface area contributed by atoms with E-state index in [1.807, 2.05) is 6.07 Å². The van der Waals surface area contributed by atoms with Gasteiger partial charge in [-0.2, -0.15) is 5.26 Å². The van der Waals surface area contributed by atoms with Gasteiger partial charge in [0.15, 0.2) is 6.10 Å². The zero-order chi connectivity index (χ0) is 26.7. The summed E-state index contributed by atoms with van der Waals surface area (Å²) in [4.78, 5) is 26.8. The van der Waals surface area contributed by atoms with Crippen LogP contribution in [0.3, 0.4) is 0 Å². The molecular formula is C27H29F2N3O5. The lowest BCUT2D eigenvalue weighted by atomic mass is 9.94. The van der Waals surface area contributed by atoms with E-state index in [1.54, 1.807) is 26.8 Å². The summed E-state index contributed by atoms with van der Waals surface area (Å²) in [6.07, 6.45) is -1.13. The topological polar surface area (TPSA) is 101 Å². The van der Waals surface area contributed by atoms with Crippen molar-refractivity contribution in [1.29, 1.82) is 5.26 Å². The van der Waals surface area contributed by atoms with E-state index >= 15 is 4.39 Å². The third-order valence-electron chi connectivity index (χ3n) is 6.01. The van der Waals surface area contributed by atoms with Gasteiger partial charge in [0.1, 0.15) is 35.6 Å². The first-order valence-corrected chi connectivity index (χ1v) is 12.1. The Morgan fingerprint density at radius 3 is 2.76 bits per heavy atom. The number of fused-ring (bicyclic) bond motifs is 3. The lowest BCUT2D eigenvalue weighted by Gasteiger charge is -2.28. The summed E-state index contributed by atoms with van der Waals surface area (Å²) >= 11 is 0. The van der Waals surface area contributed by atoms with Gasteiger partial charge in [-0.05, 0) is 62.6 Å². The summed E-state index contributed by atoms with van der Waals surface area (Å²) in [5, 5.41) is 12.3. The van der Waals surface area contributed by atoms with Gasteiger partial charge in [-0.1, -0.05) is 6.07 Å². The highest BCUT2D eigenvalue weighted by Crippen LogP contribution is 2.39. The van der Waals surface area contributed by atoms with Gasteiger partial charge in [0.05, 0.1) is 12.6 Å². The molecule has 0 saturated carbocycles. The molecule has 2 amide bonds. The highest BCUT2D eigenvalue weighted by molar-refractivity contribution is 5.82.